The van der Waals surface area contributed by atoms with Gasteiger partial charge >= 0.3 is 0 Å². The number of nitrogens with one attached hydrogen (secondary N) is 1. The molecule has 6 heteroatoms. The highest BCUT2D eigenvalue weighted by molar-refractivity contribution is 5.94. The first-order valence-electron chi connectivity index (χ1n) is 9.33. The Kier molecular flexibility index (Phi) is 5.16. The van der Waals surface area contributed by atoms with Crippen molar-refractivity contribution in [2.45, 2.75) is 6.54 Å². The molecule has 29 heavy (non-hydrogen) atoms. The summed E-state index contributed by atoms with van der Waals surface area (Å²) < 4.78 is 0. The van der Waals surface area contributed by atoms with Crippen LogP contribution in [0.15, 0.2) is 73.1 Å². The molecule has 4 rings (SSSR count). The van der Waals surface area contributed by atoms with Gasteiger partial charge in [0.25, 0.3) is 5.91 Å². The number of benzene rings is 2. The lowest BCUT2D eigenvalue weighted by Gasteiger charge is -2.12. The molecule has 2 aromatic carbocycles. The minimum absolute atomic E-state index is 0.00702. The summed E-state index contributed by atoms with van der Waals surface area (Å²) in [6, 6.07) is 19.3. The van der Waals surface area contributed by atoms with E-state index in [0.29, 0.717) is 17.9 Å². The predicted octanol–water partition coefficient (Wildman–Crippen LogP) is 4.01. The number of carbonyl (C=O) groups excluding carboxylic acids is 1. The van der Waals surface area contributed by atoms with Crippen molar-refractivity contribution in [3.8, 4) is 11.4 Å². The maximum atomic E-state index is 12.0. The number of hydrogen-bond acceptors (Lipinski definition) is 5. The number of carbonyl (C=O) groups is 1. The van der Waals surface area contributed by atoms with Gasteiger partial charge < -0.3 is 10.2 Å². The van der Waals surface area contributed by atoms with Crippen molar-refractivity contribution >= 4 is 22.6 Å². The maximum Gasteiger partial charge on any atom is 0.253 e. The molecule has 0 spiro atoms. The Hall–Kier alpha value is -3.80. The van der Waals surface area contributed by atoms with Crippen molar-refractivity contribution in [2.24, 2.45) is 0 Å². The molecule has 2 heterocycles. The molecule has 6 nitrogen and oxygen atoms in total. The number of para-hydroxylation sites is 1. The van der Waals surface area contributed by atoms with E-state index in [9.17, 15) is 4.79 Å². The summed E-state index contributed by atoms with van der Waals surface area (Å²) in [5.41, 5.74) is 3.47. The molecular weight excluding hydrogens is 362 g/mol. The Morgan fingerprint density at radius 1 is 0.966 bits per heavy atom. The lowest BCUT2D eigenvalue weighted by atomic mass is 10.1. The summed E-state index contributed by atoms with van der Waals surface area (Å²) >= 11 is 0. The number of nitrogens with zero attached hydrogens (tertiary/aromatic N) is 4. The summed E-state index contributed by atoms with van der Waals surface area (Å²) in [4.78, 5) is 27.2. The second-order valence-corrected chi connectivity index (χ2v) is 6.90. The minimum atomic E-state index is -0.00702. The van der Waals surface area contributed by atoms with Gasteiger partial charge in [-0.2, -0.15) is 0 Å². The van der Waals surface area contributed by atoms with Crippen molar-refractivity contribution < 1.29 is 4.79 Å². The number of fused-ring (bicyclic) bond motifs is 1. The molecule has 4 aromatic rings. The molecule has 0 aliphatic rings. The molecule has 1 N–H and O–H groups in total. The molecule has 0 bridgehead atoms. The van der Waals surface area contributed by atoms with Crippen molar-refractivity contribution in [1.29, 1.82) is 0 Å². The third kappa shape index (κ3) is 4.06. The van der Waals surface area contributed by atoms with Gasteiger partial charge in [-0.25, -0.2) is 9.97 Å². The van der Waals surface area contributed by atoms with Gasteiger partial charge in [0.2, 0.25) is 0 Å². The summed E-state index contributed by atoms with van der Waals surface area (Å²) in [5.74, 6) is 1.39. The van der Waals surface area contributed by atoms with E-state index in [4.69, 9.17) is 4.98 Å². The van der Waals surface area contributed by atoms with Crippen LogP contribution in [0.2, 0.25) is 0 Å². The Balaban J connectivity index is 1.61. The van der Waals surface area contributed by atoms with Gasteiger partial charge in [0.15, 0.2) is 5.82 Å². The summed E-state index contributed by atoms with van der Waals surface area (Å²) in [6.07, 6.45) is 3.49. The van der Waals surface area contributed by atoms with E-state index in [2.05, 4.69) is 15.3 Å². The quantitative estimate of drug-likeness (QED) is 0.564. The average molecular weight is 383 g/mol. The molecule has 0 fully saturated rings. The zero-order valence-electron chi connectivity index (χ0n) is 16.3. The average Bonchev–Trinajstić information content (AvgIpc) is 2.77. The fourth-order valence-corrected chi connectivity index (χ4v) is 3.04. The van der Waals surface area contributed by atoms with Gasteiger partial charge in [0.05, 0.1) is 5.52 Å². The van der Waals surface area contributed by atoms with Crippen LogP contribution in [0.1, 0.15) is 15.9 Å². The van der Waals surface area contributed by atoms with E-state index in [1.165, 1.54) is 0 Å². The minimum Gasteiger partial charge on any atom is -0.365 e. The van der Waals surface area contributed by atoms with Crippen molar-refractivity contribution in [3.05, 3.63) is 84.2 Å². The van der Waals surface area contributed by atoms with E-state index in [-0.39, 0.29) is 5.91 Å². The number of hydrogen-bond donors (Lipinski definition) is 1. The van der Waals surface area contributed by atoms with Crippen LogP contribution in [0, 0.1) is 0 Å². The van der Waals surface area contributed by atoms with Crippen molar-refractivity contribution in [2.75, 3.05) is 19.4 Å². The highest BCUT2D eigenvalue weighted by atomic mass is 16.2. The molecule has 144 valence electrons. The van der Waals surface area contributed by atoms with Gasteiger partial charge in [0, 0.05) is 49.5 Å². The van der Waals surface area contributed by atoms with Gasteiger partial charge in [-0.3, -0.25) is 9.78 Å². The van der Waals surface area contributed by atoms with Crippen LogP contribution in [-0.4, -0.2) is 39.9 Å². The second-order valence-electron chi connectivity index (χ2n) is 6.90. The number of rotatable bonds is 5. The van der Waals surface area contributed by atoms with Gasteiger partial charge in [-0.05, 0) is 42.0 Å². The van der Waals surface area contributed by atoms with E-state index in [1.54, 1.807) is 31.4 Å². The lowest BCUT2D eigenvalue weighted by molar-refractivity contribution is 0.0827. The largest absolute Gasteiger partial charge is 0.365 e. The van der Waals surface area contributed by atoms with Crippen molar-refractivity contribution in [3.63, 3.8) is 0 Å². The van der Waals surface area contributed by atoms with E-state index >= 15 is 0 Å². The number of aromatic nitrogens is 3. The van der Waals surface area contributed by atoms with Crippen LogP contribution >= 0.6 is 0 Å². The monoisotopic (exact) mass is 383 g/mol. The molecule has 0 radical (unpaired) electrons. The molecule has 0 saturated heterocycles. The molecule has 0 aliphatic carbocycles. The van der Waals surface area contributed by atoms with Crippen LogP contribution in [-0.2, 0) is 6.54 Å². The summed E-state index contributed by atoms with van der Waals surface area (Å²) in [5, 5.41) is 4.38. The smallest absolute Gasteiger partial charge is 0.253 e. The van der Waals surface area contributed by atoms with E-state index in [1.807, 2.05) is 60.7 Å². The maximum absolute atomic E-state index is 12.0. The molecule has 2 aromatic heterocycles. The van der Waals surface area contributed by atoms with Crippen LogP contribution in [0.25, 0.3) is 22.3 Å². The van der Waals surface area contributed by atoms with Crippen LogP contribution in [0.3, 0.4) is 0 Å². The summed E-state index contributed by atoms with van der Waals surface area (Å²) in [7, 11) is 3.50. The molecule has 0 saturated carbocycles. The molecular formula is C23H21N5O. The Labute approximate surface area is 169 Å². The van der Waals surface area contributed by atoms with Gasteiger partial charge in [-0.15, -0.1) is 0 Å². The van der Waals surface area contributed by atoms with Crippen LogP contribution in [0.5, 0.6) is 0 Å². The number of anilines is 1. The lowest BCUT2D eigenvalue weighted by Crippen LogP contribution is -2.21. The van der Waals surface area contributed by atoms with Crippen molar-refractivity contribution in [1.82, 2.24) is 19.9 Å². The third-order valence-corrected chi connectivity index (χ3v) is 4.59. The van der Waals surface area contributed by atoms with Crippen LogP contribution in [0.4, 0.5) is 5.82 Å². The first kappa shape index (κ1) is 18.6. The topological polar surface area (TPSA) is 71.0 Å². The Morgan fingerprint density at radius 3 is 2.48 bits per heavy atom. The van der Waals surface area contributed by atoms with E-state index in [0.717, 1.165) is 27.8 Å². The SMILES string of the molecule is CN(C)C(=O)c1ccc(CNc2nc(-c3cccnc3)nc3ccccc23)cc1. The second kappa shape index (κ2) is 8.06. The summed E-state index contributed by atoms with van der Waals surface area (Å²) in [6.45, 7) is 0.587. The van der Waals surface area contributed by atoms with Gasteiger partial charge in [-0.1, -0.05) is 24.3 Å². The first-order chi connectivity index (χ1) is 14.1. The molecule has 0 unspecified atom stereocenters. The number of amides is 1. The first-order valence-corrected chi connectivity index (χ1v) is 9.33. The fourth-order valence-electron chi connectivity index (χ4n) is 3.04. The number of pyridine rings is 1. The molecule has 1 amide bonds. The highest BCUT2D eigenvalue weighted by Crippen LogP contribution is 2.25. The Morgan fingerprint density at radius 2 is 1.76 bits per heavy atom. The third-order valence-electron chi connectivity index (χ3n) is 4.59. The fraction of sp³-hybridized carbons (Fsp3) is 0.130. The molecule has 0 aliphatic heterocycles. The van der Waals surface area contributed by atoms with Gasteiger partial charge in [0.1, 0.15) is 5.82 Å². The Bertz CT molecular complexity index is 1140. The highest BCUT2D eigenvalue weighted by Gasteiger charge is 2.10. The normalized spacial score (nSPS) is 10.7. The standard InChI is InChI=1S/C23H21N5O/c1-28(2)23(29)17-11-9-16(10-12-17)14-25-22-19-7-3-4-8-20(19)26-21(27-22)18-6-5-13-24-15-18/h3-13,15H,14H2,1-2H3,(H,25,26,27). The zero-order valence-corrected chi connectivity index (χ0v) is 16.3. The zero-order chi connectivity index (χ0) is 20.2. The van der Waals surface area contributed by atoms with Crippen LogP contribution < -0.4 is 5.32 Å². The van der Waals surface area contributed by atoms with E-state index < -0.39 is 0 Å². The predicted molar refractivity (Wildman–Crippen MR) is 115 cm³/mol. The molecule has 0 atom stereocenters.